The highest BCUT2D eigenvalue weighted by atomic mass is 16.5. The molecule has 1 aliphatic heterocycles. The molecular formula is C22H28N2O3. The first kappa shape index (κ1) is 19.4. The van der Waals surface area contributed by atoms with Gasteiger partial charge in [0.15, 0.2) is 0 Å². The van der Waals surface area contributed by atoms with Crippen molar-refractivity contribution < 1.29 is 14.3 Å². The van der Waals surface area contributed by atoms with Crippen LogP contribution < -0.4 is 15.4 Å². The zero-order chi connectivity index (χ0) is 19.0. The number of hydrogen-bond donors (Lipinski definition) is 2. The molecule has 0 aliphatic carbocycles. The summed E-state index contributed by atoms with van der Waals surface area (Å²) in [6.45, 7) is 3.22. The van der Waals surface area contributed by atoms with E-state index in [9.17, 15) is 4.79 Å². The number of methoxy groups -OCH3 is 1. The van der Waals surface area contributed by atoms with E-state index >= 15 is 0 Å². The van der Waals surface area contributed by atoms with Gasteiger partial charge in [0, 0.05) is 13.7 Å². The van der Waals surface area contributed by atoms with Crippen molar-refractivity contribution in [2.24, 2.45) is 5.41 Å². The third-order valence-electron chi connectivity index (χ3n) is 5.09. The molecule has 0 aromatic heterocycles. The summed E-state index contributed by atoms with van der Waals surface area (Å²) in [7, 11) is 1.66. The van der Waals surface area contributed by atoms with Crippen molar-refractivity contribution in [3.8, 4) is 5.75 Å². The van der Waals surface area contributed by atoms with Gasteiger partial charge in [0.1, 0.15) is 12.4 Å². The summed E-state index contributed by atoms with van der Waals surface area (Å²) in [6.07, 6.45) is 1.61. The van der Waals surface area contributed by atoms with Crippen LogP contribution >= 0.6 is 0 Å². The maximum atomic E-state index is 12.8. The zero-order valence-electron chi connectivity index (χ0n) is 15.9. The molecule has 1 aliphatic rings. The van der Waals surface area contributed by atoms with E-state index in [0.29, 0.717) is 19.8 Å². The second-order valence-electron chi connectivity index (χ2n) is 7.06. The number of carbonyl (C=O) groups is 1. The van der Waals surface area contributed by atoms with Crippen LogP contribution in [0.25, 0.3) is 0 Å². The minimum atomic E-state index is -0.418. The quantitative estimate of drug-likeness (QED) is 0.752. The topological polar surface area (TPSA) is 59.6 Å². The average Bonchev–Trinajstić information content (AvgIpc) is 2.73. The lowest BCUT2D eigenvalue weighted by molar-refractivity contribution is -0.136. The normalized spacial score (nSPS) is 15.9. The molecule has 0 radical (unpaired) electrons. The highest BCUT2D eigenvalue weighted by Crippen LogP contribution is 2.29. The molecule has 2 aromatic rings. The van der Waals surface area contributed by atoms with Crippen LogP contribution in [0.4, 0.5) is 0 Å². The smallest absolute Gasteiger partial charge is 0.228 e. The molecule has 2 N–H and O–H groups in total. The van der Waals surface area contributed by atoms with Crippen LogP contribution in [0, 0.1) is 5.41 Å². The van der Waals surface area contributed by atoms with Crippen molar-refractivity contribution >= 4 is 5.91 Å². The van der Waals surface area contributed by atoms with Gasteiger partial charge in [-0.3, -0.25) is 4.79 Å². The summed E-state index contributed by atoms with van der Waals surface area (Å²) >= 11 is 0. The summed E-state index contributed by atoms with van der Waals surface area (Å²) in [5.74, 6) is 0.901. The van der Waals surface area contributed by atoms with Crippen LogP contribution in [0.2, 0.25) is 0 Å². The molecule has 144 valence electrons. The third kappa shape index (κ3) is 5.31. The molecular weight excluding hydrogens is 340 g/mol. The Morgan fingerprint density at radius 1 is 1.04 bits per heavy atom. The molecule has 0 spiro atoms. The van der Waals surface area contributed by atoms with Crippen molar-refractivity contribution in [1.29, 1.82) is 0 Å². The molecule has 1 heterocycles. The number of carbonyl (C=O) groups excluding carboxylic acids is 1. The van der Waals surface area contributed by atoms with Gasteiger partial charge >= 0.3 is 0 Å². The molecule has 0 bridgehead atoms. The Labute approximate surface area is 161 Å². The van der Waals surface area contributed by atoms with Gasteiger partial charge in [-0.15, -0.1) is 0 Å². The molecule has 1 saturated heterocycles. The second-order valence-corrected chi connectivity index (χ2v) is 7.06. The number of piperidine rings is 1. The Balaban J connectivity index is 1.51. The van der Waals surface area contributed by atoms with Gasteiger partial charge in [-0.1, -0.05) is 42.5 Å². The fraction of sp³-hybridized carbons (Fsp3) is 0.409. The number of amides is 1. The van der Waals surface area contributed by atoms with E-state index in [1.54, 1.807) is 7.11 Å². The molecule has 27 heavy (non-hydrogen) atoms. The summed E-state index contributed by atoms with van der Waals surface area (Å²) in [5.41, 5.74) is 1.77. The van der Waals surface area contributed by atoms with Crippen molar-refractivity contribution in [2.75, 3.05) is 26.8 Å². The van der Waals surface area contributed by atoms with Crippen LogP contribution in [0.15, 0.2) is 54.6 Å². The van der Waals surface area contributed by atoms with Gasteiger partial charge in [0.25, 0.3) is 0 Å². The van der Waals surface area contributed by atoms with Crippen molar-refractivity contribution in [3.05, 3.63) is 65.7 Å². The van der Waals surface area contributed by atoms with E-state index in [4.69, 9.17) is 9.47 Å². The van der Waals surface area contributed by atoms with E-state index in [1.165, 1.54) is 0 Å². The molecule has 2 aromatic carbocycles. The lowest BCUT2D eigenvalue weighted by Crippen LogP contribution is -2.49. The molecule has 1 fully saturated rings. The Morgan fingerprint density at radius 2 is 1.74 bits per heavy atom. The number of benzene rings is 2. The van der Waals surface area contributed by atoms with Crippen LogP contribution in [0.5, 0.6) is 5.75 Å². The van der Waals surface area contributed by atoms with Gasteiger partial charge in [-0.25, -0.2) is 0 Å². The number of nitrogens with one attached hydrogen (secondary N) is 2. The lowest BCUT2D eigenvalue weighted by Gasteiger charge is -2.35. The second kappa shape index (κ2) is 9.53. The zero-order valence-corrected chi connectivity index (χ0v) is 15.9. The first-order valence-corrected chi connectivity index (χ1v) is 9.45. The van der Waals surface area contributed by atoms with Gasteiger partial charge in [0.05, 0.1) is 12.0 Å². The largest absolute Gasteiger partial charge is 0.489 e. The van der Waals surface area contributed by atoms with Gasteiger partial charge in [-0.2, -0.15) is 0 Å². The Bertz CT molecular complexity index is 705. The predicted molar refractivity (Wildman–Crippen MR) is 105 cm³/mol. The van der Waals surface area contributed by atoms with Crippen LogP contribution in [-0.2, 0) is 22.7 Å². The van der Waals surface area contributed by atoms with Crippen LogP contribution in [0.3, 0.4) is 0 Å². The number of rotatable bonds is 8. The fourth-order valence-electron chi connectivity index (χ4n) is 3.43. The van der Waals surface area contributed by atoms with Crippen molar-refractivity contribution in [3.63, 3.8) is 0 Å². The Hall–Kier alpha value is -2.37. The van der Waals surface area contributed by atoms with E-state index in [0.717, 1.165) is 42.8 Å². The summed E-state index contributed by atoms with van der Waals surface area (Å²) in [4.78, 5) is 12.8. The maximum absolute atomic E-state index is 12.8. The van der Waals surface area contributed by atoms with Crippen LogP contribution in [0.1, 0.15) is 24.0 Å². The SMILES string of the molecule is COCC1(C(=O)NCc2ccc(OCc3ccccc3)cc2)CCNCC1. The van der Waals surface area contributed by atoms with E-state index in [2.05, 4.69) is 10.6 Å². The van der Waals surface area contributed by atoms with E-state index in [-0.39, 0.29) is 5.91 Å². The summed E-state index contributed by atoms with van der Waals surface area (Å²) < 4.78 is 11.1. The highest BCUT2D eigenvalue weighted by Gasteiger charge is 2.39. The predicted octanol–water partition coefficient (Wildman–Crippen LogP) is 2.90. The van der Waals surface area contributed by atoms with Gasteiger partial charge < -0.3 is 20.1 Å². The maximum Gasteiger partial charge on any atom is 0.228 e. The number of hydrogen-bond acceptors (Lipinski definition) is 4. The standard InChI is InChI=1S/C22H28N2O3/c1-26-17-22(11-13-23-14-12-22)21(25)24-15-18-7-9-20(10-8-18)27-16-19-5-3-2-4-6-19/h2-10,23H,11-17H2,1H3,(H,24,25). The third-order valence-corrected chi connectivity index (χ3v) is 5.09. The fourth-order valence-corrected chi connectivity index (χ4v) is 3.43. The van der Waals surface area contributed by atoms with Crippen LogP contribution in [-0.4, -0.2) is 32.7 Å². The summed E-state index contributed by atoms with van der Waals surface area (Å²) in [5, 5.41) is 6.39. The molecule has 0 unspecified atom stereocenters. The molecule has 5 nitrogen and oxygen atoms in total. The lowest BCUT2D eigenvalue weighted by atomic mass is 9.78. The minimum Gasteiger partial charge on any atom is -0.489 e. The number of ether oxygens (including phenoxy) is 2. The molecule has 3 rings (SSSR count). The van der Waals surface area contributed by atoms with Gasteiger partial charge in [-0.05, 0) is 49.2 Å². The molecule has 5 heteroatoms. The van der Waals surface area contributed by atoms with Gasteiger partial charge in [0.2, 0.25) is 5.91 Å². The molecule has 0 atom stereocenters. The first-order valence-electron chi connectivity index (χ1n) is 9.45. The molecule has 0 saturated carbocycles. The van der Waals surface area contributed by atoms with Crippen molar-refractivity contribution in [1.82, 2.24) is 10.6 Å². The van der Waals surface area contributed by atoms with E-state index < -0.39 is 5.41 Å². The Morgan fingerprint density at radius 3 is 2.41 bits per heavy atom. The average molecular weight is 368 g/mol. The van der Waals surface area contributed by atoms with Crippen molar-refractivity contribution in [2.45, 2.75) is 26.0 Å². The molecule has 1 amide bonds. The highest BCUT2D eigenvalue weighted by molar-refractivity contribution is 5.83. The first-order chi connectivity index (χ1) is 13.2. The summed E-state index contributed by atoms with van der Waals surface area (Å²) in [6, 6.07) is 18.0. The Kier molecular flexibility index (Phi) is 6.85. The minimum absolute atomic E-state index is 0.0789. The van der Waals surface area contributed by atoms with E-state index in [1.807, 2.05) is 54.6 Å². The monoisotopic (exact) mass is 368 g/mol.